The fraction of sp³-hybridized carbons (Fsp3) is 0.333. The Hall–Kier alpha value is -2.24. The summed E-state index contributed by atoms with van der Waals surface area (Å²) in [5.41, 5.74) is 6.76. The van der Waals surface area contributed by atoms with Crippen LogP contribution >= 0.6 is 0 Å². The van der Waals surface area contributed by atoms with Crippen molar-refractivity contribution < 1.29 is 4.74 Å². The van der Waals surface area contributed by atoms with Crippen molar-refractivity contribution in [1.29, 1.82) is 0 Å². The molecule has 1 unspecified atom stereocenters. The lowest BCUT2D eigenvalue weighted by molar-refractivity contribution is 0.391. The SMILES string of the molecule is COc1ccccc1C1CCNc2nc(N)nn21. The molecule has 1 aliphatic rings. The van der Waals surface area contributed by atoms with Crippen LogP contribution < -0.4 is 15.8 Å². The third-order valence-corrected chi connectivity index (χ3v) is 3.14. The first kappa shape index (κ1) is 10.9. The van der Waals surface area contributed by atoms with Gasteiger partial charge in [0.1, 0.15) is 5.75 Å². The summed E-state index contributed by atoms with van der Waals surface area (Å²) in [7, 11) is 1.68. The van der Waals surface area contributed by atoms with Gasteiger partial charge in [-0.25, -0.2) is 4.68 Å². The number of methoxy groups -OCH3 is 1. The predicted molar refractivity (Wildman–Crippen MR) is 68.7 cm³/mol. The van der Waals surface area contributed by atoms with E-state index in [2.05, 4.69) is 21.5 Å². The van der Waals surface area contributed by atoms with Crippen LogP contribution in [0, 0.1) is 0 Å². The lowest BCUT2D eigenvalue weighted by atomic mass is 10.0. The van der Waals surface area contributed by atoms with E-state index in [1.165, 1.54) is 0 Å². The van der Waals surface area contributed by atoms with Crippen LogP contribution in [0.25, 0.3) is 0 Å². The monoisotopic (exact) mass is 245 g/mol. The molecule has 6 heteroatoms. The Labute approximate surface area is 105 Å². The van der Waals surface area contributed by atoms with Gasteiger partial charge in [-0.05, 0) is 12.5 Å². The van der Waals surface area contributed by atoms with E-state index in [0.717, 1.165) is 30.2 Å². The molecule has 0 fully saturated rings. The van der Waals surface area contributed by atoms with Gasteiger partial charge in [-0.2, -0.15) is 4.98 Å². The average Bonchev–Trinajstić information content (AvgIpc) is 2.78. The van der Waals surface area contributed by atoms with E-state index in [-0.39, 0.29) is 6.04 Å². The summed E-state index contributed by atoms with van der Waals surface area (Å²) < 4.78 is 7.24. The summed E-state index contributed by atoms with van der Waals surface area (Å²) in [5, 5.41) is 7.44. The fourth-order valence-electron chi connectivity index (χ4n) is 2.35. The van der Waals surface area contributed by atoms with Crippen LogP contribution in [0.5, 0.6) is 5.75 Å². The molecule has 0 radical (unpaired) electrons. The number of hydrogen-bond donors (Lipinski definition) is 2. The Morgan fingerprint density at radius 3 is 3.11 bits per heavy atom. The number of anilines is 2. The minimum atomic E-state index is 0.113. The van der Waals surface area contributed by atoms with Gasteiger partial charge in [0, 0.05) is 12.1 Å². The second-order valence-electron chi connectivity index (χ2n) is 4.21. The minimum Gasteiger partial charge on any atom is -0.496 e. The Morgan fingerprint density at radius 2 is 2.28 bits per heavy atom. The highest BCUT2D eigenvalue weighted by Crippen LogP contribution is 2.33. The number of fused-ring (bicyclic) bond motifs is 1. The first-order valence-corrected chi connectivity index (χ1v) is 5.88. The highest BCUT2D eigenvalue weighted by molar-refractivity contribution is 5.41. The summed E-state index contributed by atoms with van der Waals surface area (Å²) in [6.07, 6.45) is 0.927. The van der Waals surface area contributed by atoms with E-state index >= 15 is 0 Å². The molecular weight excluding hydrogens is 230 g/mol. The molecule has 2 heterocycles. The molecule has 0 amide bonds. The zero-order chi connectivity index (χ0) is 12.5. The Morgan fingerprint density at radius 1 is 1.44 bits per heavy atom. The molecule has 6 nitrogen and oxygen atoms in total. The van der Waals surface area contributed by atoms with Crippen LogP contribution in [0.2, 0.25) is 0 Å². The van der Waals surface area contributed by atoms with Gasteiger partial charge in [-0.3, -0.25) is 0 Å². The lowest BCUT2D eigenvalue weighted by Gasteiger charge is -2.25. The van der Waals surface area contributed by atoms with Crippen molar-refractivity contribution in [1.82, 2.24) is 14.8 Å². The average molecular weight is 245 g/mol. The second kappa shape index (κ2) is 4.21. The number of ether oxygens (including phenoxy) is 1. The molecule has 3 rings (SSSR count). The number of hydrogen-bond acceptors (Lipinski definition) is 5. The van der Waals surface area contributed by atoms with E-state index < -0.39 is 0 Å². The van der Waals surface area contributed by atoms with E-state index in [0.29, 0.717) is 5.95 Å². The van der Waals surface area contributed by atoms with Gasteiger partial charge in [0.15, 0.2) is 0 Å². The number of nitrogens with one attached hydrogen (secondary N) is 1. The highest BCUT2D eigenvalue weighted by Gasteiger charge is 2.25. The van der Waals surface area contributed by atoms with Crippen molar-refractivity contribution >= 4 is 11.9 Å². The molecule has 0 saturated carbocycles. The highest BCUT2D eigenvalue weighted by atomic mass is 16.5. The number of aromatic nitrogens is 3. The van der Waals surface area contributed by atoms with Crippen molar-refractivity contribution in [3.63, 3.8) is 0 Å². The Balaban J connectivity index is 2.08. The van der Waals surface area contributed by atoms with Crippen molar-refractivity contribution in [3.05, 3.63) is 29.8 Å². The number of nitrogens with zero attached hydrogens (tertiary/aromatic N) is 3. The van der Waals surface area contributed by atoms with Gasteiger partial charge in [-0.1, -0.05) is 18.2 Å². The summed E-state index contributed by atoms with van der Waals surface area (Å²) in [5.74, 6) is 1.87. The number of nitrogen functional groups attached to an aromatic ring is 1. The molecule has 1 aliphatic heterocycles. The van der Waals surface area contributed by atoms with Crippen LogP contribution in [-0.4, -0.2) is 28.4 Å². The minimum absolute atomic E-state index is 0.113. The van der Waals surface area contributed by atoms with E-state index in [4.69, 9.17) is 10.5 Å². The number of nitrogens with two attached hydrogens (primary N) is 1. The summed E-state index contributed by atoms with van der Waals surface area (Å²) in [6, 6.07) is 8.08. The van der Waals surface area contributed by atoms with Crippen LogP contribution in [0.15, 0.2) is 24.3 Å². The Kier molecular flexibility index (Phi) is 2.55. The summed E-state index contributed by atoms with van der Waals surface area (Å²) >= 11 is 0. The quantitative estimate of drug-likeness (QED) is 0.833. The van der Waals surface area contributed by atoms with Crippen LogP contribution in [0.1, 0.15) is 18.0 Å². The first-order valence-electron chi connectivity index (χ1n) is 5.88. The molecule has 1 atom stereocenters. The topological polar surface area (TPSA) is 78.0 Å². The van der Waals surface area contributed by atoms with Crippen molar-refractivity contribution in [3.8, 4) is 5.75 Å². The second-order valence-corrected chi connectivity index (χ2v) is 4.21. The normalized spacial score (nSPS) is 17.9. The van der Waals surface area contributed by atoms with Crippen LogP contribution in [0.3, 0.4) is 0 Å². The zero-order valence-corrected chi connectivity index (χ0v) is 10.1. The van der Waals surface area contributed by atoms with Crippen molar-refractivity contribution in [2.24, 2.45) is 0 Å². The molecule has 0 spiro atoms. The van der Waals surface area contributed by atoms with Gasteiger partial charge < -0.3 is 15.8 Å². The smallest absolute Gasteiger partial charge is 0.241 e. The molecule has 18 heavy (non-hydrogen) atoms. The maximum absolute atomic E-state index is 5.65. The van der Waals surface area contributed by atoms with Gasteiger partial charge in [-0.15, -0.1) is 5.10 Å². The number of benzene rings is 1. The predicted octanol–water partition coefficient (Wildman–Crippen LogP) is 1.27. The number of para-hydroxylation sites is 1. The maximum Gasteiger partial charge on any atom is 0.241 e. The molecule has 2 aromatic rings. The van der Waals surface area contributed by atoms with Crippen molar-refractivity contribution in [2.45, 2.75) is 12.5 Å². The van der Waals surface area contributed by atoms with Crippen LogP contribution in [-0.2, 0) is 0 Å². The lowest BCUT2D eigenvalue weighted by Crippen LogP contribution is -2.25. The van der Waals surface area contributed by atoms with Gasteiger partial charge in [0.25, 0.3) is 0 Å². The van der Waals surface area contributed by atoms with Crippen molar-refractivity contribution in [2.75, 3.05) is 24.7 Å². The fourth-order valence-corrected chi connectivity index (χ4v) is 2.35. The van der Waals surface area contributed by atoms with Crippen LogP contribution in [0.4, 0.5) is 11.9 Å². The van der Waals surface area contributed by atoms with Gasteiger partial charge in [0.05, 0.1) is 13.2 Å². The molecule has 1 aromatic heterocycles. The van der Waals surface area contributed by atoms with Gasteiger partial charge in [0.2, 0.25) is 11.9 Å². The largest absolute Gasteiger partial charge is 0.496 e. The van der Waals surface area contributed by atoms with E-state index in [9.17, 15) is 0 Å². The standard InChI is InChI=1S/C12H15N5O/c1-18-10-5-3-2-4-8(10)9-6-7-14-12-15-11(13)16-17(9)12/h2-5,9H,6-7H2,1H3,(H3,13,14,15,16). The first-order chi connectivity index (χ1) is 8.79. The third-order valence-electron chi connectivity index (χ3n) is 3.14. The summed E-state index contributed by atoms with van der Waals surface area (Å²) in [6.45, 7) is 0.848. The molecule has 0 bridgehead atoms. The van der Waals surface area contributed by atoms with E-state index in [1.54, 1.807) is 7.11 Å². The Bertz CT molecular complexity index is 565. The van der Waals surface area contributed by atoms with Gasteiger partial charge >= 0.3 is 0 Å². The molecular formula is C12H15N5O. The molecule has 94 valence electrons. The van der Waals surface area contributed by atoms with E-state index in [1.807, 2.05) is 22.9 Å². The third kappa shape index (κ3) is 1.66. The number of rotatable bonds is 2. The molecule has 1 aromatic carbocycles. The zero-order valence-electron chi connectivity index (χ0n) is 10.1. The molecule has 0 saturated heterocycles. The maximum atomic E-state index is 5.65. The molecule has 0 aliphatic carbocycles. The summed E-state index contributed by atoms with van der Waals surface area (Å²) in [4.78, 5) is 4.16. The molecule has 3 N–H and O–H groups in total.